The predicted molar refractivity (Wildman–Crippen MR) is 50.3 cm³/mol. The third kappa shape index (κ3) is 6.06. The normalized spacial score (nSPS) is 12.5. The van der Waals surface area contributed by atoms with Crippen LogP contribution in [0, 0.1) is 5.92 Å². The van der Waals surface area contributed by atoms with Crippen LogP contribution in [0.1, 0.15) is 19.8 Å². The van der Waals surface area contributed by atoms with Gasteiger partial charge in [-0.1, -0.05) is 13.3 Å². The van der Waals surface area contributed by atoms with E-state index in [-0.39, 0.29) is 6.61 Å². The largest absolute Gasteiger partial charge is 0.396 e. The number of rotatable bonds is 5. The van der Waals surface area contributed by atoms with E-state index in [2.05, 4.69) is 24.5 Å². The molecule has 0 saturated heterocycles. The predicted octanol–water partition coefficient (Wildman–Crippen LogP) is 0.228. The molecule has 66 valence electrons. The summed E-state index contributed by atoms with van der Waals surface area (Å²) in [5.41, 5.74) is 5.22. The quantitative estimate of drug-likeness (QED) is 0.525. The highest BCUT2D eigenvalue weighted by atomic mass is 32.1. The second-order valence-electron chi connectivity index (χ2n) is 2.54. The number of thiocarbonyl (C=S) groups is 1. The number of nitrogens with two attached hydrogens (primary N) is 1. The maximum absolute atomic E-state index is 8.80. The highest BCUT2D eigenvalue weighted by molar-refractivity contribution is 7.80. The highest BCUT2D eigenvalue weighted by Gasteiger charge is 2.02. The monoisotopic (exact) mass is 176 g/mol. The average molecular weight is 176 g/mol. The molecule has 0 aliphatic rings. The van der Waals surface area contributed by atoms with Gasteiger partial charge >= 0.3 is 0 Å². The maximum atomic E-state index is 8.80. The lowest BCUT2D eigenvalue weighted by atomic mass is 10.0. The SMILES string of the molecule is CCC(CO)CCNC(N)=S. The molecule has 0 aromatic heterocycles. The van der Waals surface area contributed by atoms with E-state index in [1.807, 2.05) is 0 Å². The van der Waals surface area contributed by atoms with E-state index in [0.717, 1.165) is 19.4 Å². The molecule has 0 aliphatic heterocycles. The summed E-state index contributed by atoms with van der Waals surface area (Å²) in [4.78, 5) is 0. The van der Waals surface area contributed by atoms with Gasteiger partial charge in [0.05, 0.1) is 0 Å². The molecule has 0 spiro atoms. The lowest BCUT2D eigenvalue weighted by molar-refractivity contribution is 0.215. The fourth-order valence-electron chi connectivity index (χ4n) is 0.824. The minimum atomic E-state index is 0.246. The molecule has 0 rings (SSSR count). The summed E-state index contributed by atoms with van der Waals surface area (Å²) >= 11 is 4.62. The molecule has 0 fully saturated rings. The van der Waals surface area contributed by atoms with Crippen molar-refractivity contribution in [2.45, 2.75) is 19.8 Å². The van der Waals surface area contributed by atoms with Gasteiger partial charge in [-0.2, -0.15) is 0 Å². The Morgan fingerprint density at radius 3 is 2.73 bits per heavy atom. The van der Waals surface area contributed by atoms with Gasteiger partial charge < -0.3 is 16.2 Å². The van der Waals surface area contributed by atoms with Crippen molar-refractivity contribution in [3.8, 4) is 0 Å². The van der Waals surface area contributed by atoms with Crippen molar-refractivity contribution < 1.29 is 5.11 Å². The number of nitrogens with one attached hydrogen (secondary N) is 1. The van der Waals surface area contributed by atoms with Crippen LogP contribution >= 0.6 is 12.2 Å². The third-order valence-electron chi connectivity index (χ3n) is 1.69. The van der Waals surface area contributed by atoms with Crippen LogP contribution in [0.15, 0.2) is 0 Å². The lowest BCUT2D eigenvalue weighted by Crippen LogP contribution is -2.31. The van der Waals surface area contributed by atoms with Gasteiger partial charge in [0.15, 0.2) is 5.11 Å². The minimum absolute atomic E-state index is 0.246. The van der Waals surface area contributed by atoms with E-state index < -0.39 is 0 Å². The summed E-state index contributed by atoms with van der Waals surface area (Å²) in [6, 6.07) is 0. The molecule has 0 aromatic rings. The van der Waals surface area contributed by atoms with Gasteiger partial charge in [0.25, 0.3) is 0 Å². The first-order valence-corrected chi connectivity index (χ1v) is 4.25. The van der Waals surface area contributed by atoms with Crippen molar-refractivity contribution in [3.63, 3.8) is 0 Å². The molecular weight excluding hydrogens is 160 g/mol. The van der Waals surface area contributed by atoms with Gasteiger partial charge in [0, 0.05) is 13.2 Å². The molecular formula is C7H16N2OS. The Bertz CT molecular complexity index is 115. The summed E-state index contributed by atoms with van der Waals surface area (Å²) in [6.45, 7) is 3.06. The number of aliphatic hydroxyl groups excluding tert-OH is 1. The molecule has 4 heteroatoms. The Kier molecular flexibility index (Phi) is 6.16. The first-order chi connectivity index (χ1) is 5.20. The van der Waals surface area contributed by atoms with Gasteiger partial charge in [-0.05, 0) is 24.6 Å². The van der Waals surface area contributed by atoms with Crippen LogP contribution in [-0.2, 0) is 0 Å². The van der Waals surface area contributed by atoms with E-state index in [1.54, 1.807) is 0 Å². The number of hydrogen-bond acceptors (Lipinski definition) is 2. The minimum Gasteiger partial charge on any atom is -0.396 e. The van der Waals surface area contributed by atoms with Gasteiger partial charge in [-0.15, -0.1) is 0 Å². The zero-order valence-corrected chi connectivity index (χ0v) is 7.66. The highest BCUT2D eigenvalue weighted by Crippen LogP contribution is 2.04. The molecule has 0 amide bonds. The summed E-state index contributed by atoms with van der Waals surface area (Å²) in [5, 5.41) is 12.0. The second-order valence-corrected chi connectivity index (χ2v) is 2.98. The van der Waals surface area contributed by atoms with Crippen molar-refractivity contribution in [1.82, 2.24) is 5.32 Å². The van der Waals surface area contributed by atoms with Crippen molar-refractivity contribution in [2.75, 3.05) is 13.2 Å². The Morgan fingerprint density at radius 1 is 1.73 bits per heavy atom. The standard InChI is InChI=1S/C7H16N2OS/c1-2-6(5-10)3-4-9-7(8)11/h6,10H,2-5H2,1H3,(H3,8,9,11). The fraction of sp³-hybridized carbons (Fsp3) is 0.857. The van der Waals surface area contributed by atoms with Gasteiger partial charge in [0.1, 0.15) is 0 Å². The molecule has 0 aromatic carbocycles. The molecule has 11 heavy (non-hydrogen) atoms. The van der Waals surface area contributed by atoms with Crippen molar-refractivity contribution in [2.24, 2.45) is 11.7 Å². The smallest absolute Gasteiger partial charge is 0.163 e. The Morgan fingerprint density at radius 2 is 2.36 bits per heavy atom. The lowest BCUT2D eigenvalue weighted by Gasteiger charge is -2.11. The Hall–Kier alpha value is -0.350. The van der Waals surface area contributed by atoms with Crippen molar-refractivity contribution >= 4 is 17.3 Å². The molecule has 1 unspecified atom stereocenters. The van der Waals surface area contributed by atoms with Crippen LogP contribution < -0.4 is 11.1 Å². The third-order valence-corrected chi connectivity index (χ3v) is 1.83. The topological polar surface area (TPSA) is 58.3 Å². The van der Waals surface area contributed by atoms with E-state index in [0.29, 0.717) is 11.0 Å². The van der Waals surface area contributed by atoms with E-state index in [9.17, 15) is 0 Å². The molecule has 0 saturated carbocycles. The molecule has 0 radical (unpaired) electrons. The first kappa shape index (κ1) is 10.7. The molecule has 0 bridgehead atoms. The van der Waals surface area contributed by atoms with E-state index in [4.69, 9.17) is 10.8 Å². The van der Waals surface area contributed by atoms with Gasteiger partial charge in [0.2, 0.25) is 0 Å². The summed E-state index contributed by atoms with van der Waals surface area (Å²) in [5.74, 6) is 0.372. The Balaban J connectivity index is 3.28. The molecule has 3 nitrogen and oxygen atoms in total. The van der Waals surface area contributed by atoms with Crippen LogP contribution in [0.2, 0.25) is 0 Å². The van der Waals surface area contributed by atoms with Crippen LogP contribution in [0.4, 0.5) is 0 Å². The second kappa shape index (κ2) is 6.37. The first-order valence-electron chi connectivity index (χ1n) is 3.84. The fourth-order valence-corrected chi connectivity index (χ4v) is 0.926. The van der Waals surface area contributed by atoms with Crippen LogP contribution in [-0.4, -0.2) is 23.4 Å². The average Bonchev–Trinajstić information content (AvgIpc) is 1.98. The zero-order valence-electron chi connectivity index (χ0n) is 6.84. The molecule has 4 N–H and O–H groups in total. The molecule has 0 heterocycles. The Labute approximate surface area is 73.0 Å². The van der Waals surface area contributed by atoms with Crippen LogP contribution in [0.3, 0.4) is 0 Å². The van der Waals surface area contributed by atoms with Crippen molar-refractivity contribution in [1.29, 1.82) is 0 Å². The van der Waals surface area contributed by atoms with E-state index >= 15 is 0 Å². The van der Waals surface area contributed by atoms with Gasteiger partial charge in [-0.25, -0.2) is 0 Å². The van der Waals surface area contributed by atoms with Crippen LogP contribution in [0.5, 0.6) is 0 Å². The van der Waals surface area contributed by atoms with E-state index in [1.165, 1.54) is 0 Å². The summed E-state index contributed by atoms with van der Waals surface area (Å²) < 4.78 is 0. The summed E-state index contributed by atoms with van der Waals surface area (Å²) in [7, 11) is 0. The van der Waals surface area contributed by atoms with Crippen LogP contribution in [0.25, 0.3) is 0 Å². The number of hydrogen-bond donors (Lipinski definition) is 3. The molecule has 0 aliphatic carbocycles. The maximum Gasteiger partial charge on any atom is 0.163 e. The number of aliphatic hydroxyl groups is 1. The summed E-state index contributed by atoms with van der Waals surface area (Å²) in [6.07, 6.45) is 1.92. The zero-order chi connectivity index (χ0) is 8.69. The van der Waals surface area contributed by atoms with Crippen molar-refractivity contribution in [3.05, 3.63) is 0 Å². The molecule has 1 atom stereocenters. The van der Waals surface area contributed by atoms with Gasteiger partial charge in [-0.3, -0.25) is 0 Å².